The summed E-state index contributed by atoms with van der Waals surface area (Å²) < 4.78 is 50.1. The first-order chi connectivity index (χ1) is 16.7. The molecule has 0 amide bonds. The van der Waals surface area contributed by atoms with E-state index in [1.807, 2.05) is 12.1 Å². The van der Waals surface area contributed by atoms with E-state index in [1.54, 1.807) is 25.3 Å². The smallest absolute Gasteiger partial charge is 0.209 e. The molecule has 0 spiro atoms. The number of methoxy groups -OCH3 is 1. The Balaban J connectivity index is 1.39. The Kier molecular flexibility index (Phi) is 6.77. The molecule has 2 aromatic carbocycles. The van der Waals surface area contributed by atoms with Crippen molar-refractivity contribution in [3.63, 3.8) is 0 Å². The summed E-state index contributed by atoms with van der Waals surface area (Å²) in [6.07, 6.45) is 1.27. The zero-order valence-electron chi connectivity index (χ0n) is 18.7. The SMILES string of the molecule is COc1cc2c(Nc3ccc(Br)c(Cl)c3)ncnc2cc1O[C@@H]1CO[C@@H]2[C@H]1OC[C@H]2NS(C)(=O)=O. The lowest BCUT2D eigenvalue weighted by molar-refractivity contribution is 0.0294. The lowest BCUT2D eigenvalue weighted by Gasteiger charge is -2.20. The van der Waals surface area contributed by atoms with Crippen LogP contribution in [0.5, 0.6) is 11.5 Å². The fraction of sp³-hybridized carbons (Fsp3) is 0.364. The average molecular weight is 586 g/mol. The van der Waals surface area contributed by atoms with Crippen molar-refractivity contribution in [3.8, 4) is 11.5 Å². The fourth-order valence-corrected chi connectivity index (χ4v) is 5.41. The molecule has 2 aliphatic rings. The Morgan fingerprint density at radius 2 is 1.91 bits per heavy atom. The van der Waals surface area contributed by atoms with E-state index >= 15 is 0 Å². The number of hydrogen-bond donors (Lipinski definition) is 2. The third kappa shape index (κ3) is 5.18. The lowest BCUT2D eigenvalue weighted by atomic mass is 10.1. The number of ether oxygens (including phenoxy) is 4. The molecule has 0 aliphatic carbocycles. The third-order valence-electron chi connectivity index (χ3n) is 5.75. The molecule has 3 aromatic rings. The molecule has 3 heterocycles. The minimum Gasteiger partial charge on any atom is -0.493 e. The molecule has 10 nitrogen and oxygen atoms in total. The Morgan fingerprint density at radius 3 is 2.66 bits per heavy atom. The molecule has 5 rings (SSSR count). The molecule has 2 aliphatic heterocycles. The normalized spacial score (nSPS) is 23.9. The summed E-state index contributed by atoms with van der Waals surface area (Å²) in [5.41, 5.74) is 1.41. The molecule has 13 heteroatoms. The molecule has 2 fully saturated rings. The van der Waals surface area contributed by atoms with E-state index in [0.717, 1.165) is 21.8 Å². The van der Waals surface area contributed by atoms with Crippen molar-refractivity contribution in [1.29, 1.82) is 0 Å². The van der Waals surface area contributed by atoms with Gasteiger partial charge in [0.2, 0.25) is 10.0 Å². The van der Waals surface area contributed by atoms with Crippen LogP contribution in [0.2, 0.25) is 5.02 Å². The first-order valence-corrected chi connectivity index (χ1v) is 13.7. The van der Waals surface area contributed by atoms with Gasteiger partial charge in [-0.25, -0.2) is 23.1 Å². The van der Waals surface area contributed by atoms with Crippen LogP contribution in [-0.2, 0) is 19.5 Å². The molecule has 0 saturated carbocycles. The maximum Gasteiger partial charge on any atom is 0.209 e. The van der Waals surface area contributed by atoms with E-state index in [1.165, 1.54) is 6.33 Å². The van der Waals surface area contributed by atoms with Gasteiger partial charge in [0, 0.05) is 21.6 Å². The Labute approximate surface area is 215 Å². The van der Waals surface area contributed by atoms with Gasteiger partial charge >= 0.3 is 0 Å². The summed E-state index contributed by atoms with van der Waals surface area (Å²) in [7, 11) is -1.84. The van der Waals surface area contributed by atoms with E-state index in [4.69, 9.17) is 30.5 Å². The molecular formula is C22H22BrClN4O6S. The molecule has 2 saturated heterocycles. The molecule has 186 valence electrons. The second-order valence-corrected chi connectivity index (χ2v) is 11.3. The lowest BCUT2D eigenvalue weighted by Crippen LogP contribution is -2.44. The molecule has 0 unspecified atom stereocenters. The van der Waals surface area contributed by atoms with Crippen LogP contribution in [0.4, 0.5) is 11.5 Å². The van der Waals surface area contributed by atoms with Crippen LogP contribution in [-0.4, -0.2) is 69.3 Å². The van der Waals surface area contributed by atoms with Gasteiger partial charge in [-0.3, -0.25) is 0 Å². The number of halogens is 2. The van der Waals surface area contributed by atoms with Crippen molar-refractivity contribution >= 4 is 60.0 Å². The number of anilines is 2. The highest BCUT2D eigenvalue weighted by Gasteiger charge is 2.49. The van der Waals surface area contributed by atoms with E-state index < -0.39 is 34.4 Å². The van der Waals surface area contributed by atoms with E-state index in [-0.39, 0.29) is 13.2 Å². The van der Waals surface area contributed by atoms with Crippen LogP contribution < -0.4 is 19.5 Å². The zero-order chi connectivity index (χ0) is 24.7. The van der Waals surface area contributed by atoms with Crippen molar-refractivity contribution in [1.82, 2.24) is 14.7 Å². The molecule has 2 N–H and O–H groups in total. The zero-order valence-corrected chi connectivity index (χ0v) is 21.9. The van der Waals surface area contributed by atoms with Gasteiger partial charge < -0.3 is 24.3 Å². The largest absolute Gasteiger partial charge is 0.493 e. The molecule has 0 bridgehead atoms. The molecule has 1 aromatic heterocycles. The van der Waals surface area contributed by atoms with Crippen molar-refractivity contribution in [2.24, 2.45) is 0 Å². The van der Waals surface area contributed by atoms with Crippen LogP contribution in [0.25, 0.3) is 10.9 Å². The average Bonchev–Trinajstić information content (AvgIpc) is 3.38. The quantitative estimate of drug-likeness (QED) is 0.430. The number of nitrogens with zero attached hydrogens (tertiary/aromatic N) is 2. The van der Waals surface area contributed by atoms with Crippen LogP contribution >= 0.6 is 27.5 Å². The van der Waals surface area contributed by atoms with Crippen LogP contribution in [0, 0.1) is 0 Å². The fourth-order valence-electron chi connectivity index (χ4n) is 4.23. The van der Waals surface area contributed by atoms with Gasteiger partial charge in [0.25, 0.3) is 0 Å². The highest BCUT2D eigenvalue weighted by atomic mass is 79.9. The van der Waals surface area contributed by atoms with Crippen molar-refractivity contribution in [2.75, 3.05) is 31.9 Å². The number of rotatable bonds is 7. The van der Waals surface area contributed by atoms with Gasteiger partial charge in [0.05, 0.1) is 43.2 Å². The minimum absolute atomic E-state index is 0.208. The summed E-state index contributed by atoms with van der Waals surface area (Å²) >= 11 is 9.60. The second kappa shape index (κ2) is 9.68. The molecule has 35 heavy (non-hydrogen) atoms. The van der Waals surface area contributed by atoms with Gasteiger partial charge in [0.15, 0.2) is 17.6 Å². The second-order valence-electron chi connectivity index (χ2n) is 8.25. The van der Waals surface area contributed by atoms with Crippen LogP contribution in [0.1, 0.15) is 0 Å². The van der Waals surface area contributed by atoms with Crippen molar-refractivity contribution < 1.29 is 27.4 Å². The number of benzene rings is 2. The van der Waals surface area contributed by atoms with Gasteiger partial charge in [-0.15, -0.1) is 0 Å². The Bertz CT molecular complexity index is 1380. The summed E-state index contributed by atoms with van der Waals surface area (Å²) in [5, 5.41) is 4.56. The maximum atomic E-state index is 11.6. The van der Waals surface area contributed by atoms with Gasteiger partial charge in [-0.2, -0.15) is 0 Å². The van der Waals surface area contributed by atoms with E-state index in [2.05, 4.69) is 35.9 Å². The molecule has 4 atom stereocenters. The molecule has 0 radical (unpaired) electrons. The first kappa shape index (κ1) is 24.5. The number of hydrogen-bond acceptors (Lipinski definition) is 9. The predicted molar refractivity (Wildman–Crippen MR) is 134 cm³/mol. The topological polar surface area (TPSA) is 121 Å². The van der Waals surface area contributed by atoms with Gasteiger partial charge in [-0.05, 0) is 40.2 Å². The maximum absolute atomic E-state index is 11.6. The van der Waals surface area contributed by atoms with Crippen molar-refractivity contribution in [2.45, 2.75) is 24.4 Å². The molecular weight excluding hydrogens is 564 g/mol. The number of fused-ring (bicyclic) bond motifs is 2. The Morgan fingerprint density at radius 1 is 1.11 bits per heavy atom. The van der Waals surface area contributed by atoms with Crippen LogP contribution in [0.3, 0.4) is 0 Å². The van der Waals surface area contributed by atoms with Gasteiger partial charge in [0.1, 0.15) is 24.4 Å². The summed E-state index contributed by atoms with van der Waals surface area (Å²) in [6, 6.07) is 8.61. The summed E-state index contributed by atoms with van der Waals surface area (Å²) in [5.74, 6) is 1.53. The van der Waals surface area contributed by atoms with E-state index in [0.29, 0.717) is 27.9 Å². The number of nitrogens with one attached hydrogen (secondary N) is 2. The first-order valence-electron chi connectivity index (χ1n) is 10.6. The highest BCUT2D eigenvalue weighted by molar-refractivity contribution is 9.10. The standard InChI is InChI=1S/C22H22BrClN4O6S/c1-31-17-6-12-15(25-10-26-22(12)27-11-3-4-13(23)14(24)5-11)7-18(17)34-19-9-33-20-16(8-32-21(19)20)28-35(2,29)30/h3-7,10,16,19-21,28H,8-9H2,1-2H3,(H,25,26,27)/t16-,19-,20+,21+/m1/s1. The third-order valence-corrected chi connectivity index (χ3v) is 7.72. The van der Waals surface area contributed by atoms with Crippen molar-refractivity contribution in [3.05, 3.63) is 46.2 Å². The van der Waals surface area contributed by atoms with Crippen LogP contribution in [0.15, 0.2) is 41.1 Å². The Hall–Kier alpha value is -2.22. The van der Waals surface area contributed by atoms with E-state index in [9.17, 15) is 8.42 Å². The van der Waals surface area contributed by atoms with Gasteiger partial charge in [-0.1, -0.05) is 11.6 Å². The summed E-state index contributed by atoms with van der Waals surface area (Å²) in [6.45, 7) is 0.457. The monoisotopic (exact) mass is 584 g/mol. The summed E-state index contributed by atoms with van der Waals surface area (Å²) in [4.78, 5) is 8.76. The highest BCUT2D eigenvalue weighted by Crippen LogP contribution is 2.38. The predicted octanol–water partition coefficient (Wildman–Crippen LogP) is 3.26. The minimum atomic E-state index is -3.39. The number of sulfonamides is 1. The number of aromatic nitrogens is 2.